The second-order valence-electron chi connectivity index (χ2n) is 6.78. The molecule has 2 aromatic rings. The monoisotopic (exact) mass is 457 g/mol. The van der Waals surface area contributed by atoms with E-state index in [1.54, 1.807) is 18.2 Å². The van der Waals surface area contributed by atoms with E-state index >= 15 is 0 Å². The molecule has 2 aliphatic rings. The van der Waals surface area contributed by atoms with Gasteiger partial charge in [0.15, 0.2) is 0 Å². The zero-order valence-corrected chi connectivity index (χ0v) is 17.3. The van der Waals surface area contributed by atoms with Crippen molar-refractivity contribution >= 4 is 55.6 Å². The summed E-state index contributed by atoms with van der Waals surface area (Å²) in [7, 11) is 0. The second-order valence-corrected chi connectivity index (χ2v) is 8.74. The maximum Gasteiger partial charge on any atom is 0.299 e. The third-order valence-corrected chi connectivity index (χ3v) is 6.90. The number of halogens is 1. The van der Waals surface area contributed by atoms with Gasteiger partial charge in [0.25, 0.3) is 11.7 Å². The van der Waals surface area contributed by atoms with Gasteiger partial charge in [-0.1, -0.05) is 12.5 Å². The second kappa shape index (κ2) is 7.49. The van der Waals surface area contributed by atoms with E-state index in [0.717, 1.165) is 42.5 Å². The zero-order chi connectivity index (χ0) is 19.8. The number of nitriles is 1. The largest absolute Gasteiger partial charge is 0.315 e. The summed E-state index contributed by atoms with van der Waals surface area (Å²) < 4.78 is 0.528. The van der Waals surface area contributed by atoms with Crippen LogP contribution < -0.4 is 10.2 Å². The molecular weight excluding hydrogens is 442 g/mol. The maximum absolute atomic E-state index is 12.6. The van der Waals surface area contributed by atoms with E-state index in [1.807, 2.05) is 0 Å². The molecule has 142 valence electrons. The van der Waals surface area contributed by atoms with Crippen molar-refractivity contribution in [1.82, 2.24) is 0 Å². The van der Waals surface area contributed by atoms with E-state index in [4.69, 9.17) is 0 Å². The number of carbonyl (C=O) groups is 3. The minimum Gasteiger partial charge on any atom is -0.315 e. The van der Waals surface area contributed by atoms with Crippen molar-refractivity contribution in [2.75, 3.05) is 16.8 Å². The van der Waals surface area contributed by atoms with Gasteiger partial charge in [-0.05, 0) is 59.3 Å². The number of rotatable bonds is 3. The number of nitrogens with zero attached hydrogens (tertiary/aromatic N) is 2. The number of amides is 2. The Balaban J connectivity index is 1.57. The minimum atomic E-state index is -0.723. The molecule has 28 heavy (non-hydrogen) atoms. The lowest BCUT2D eigenvalue weighted by Crippen LogP contribution is -2.37. The lowest BCUT2D eigenvalue weighted by Gasteiger charge is -2.16. The smallest absolute Gasteiger partial charge is 0.299 e. The highest BCUT2D eigenvalue weighted by Gasteiger charge is 2.38. The average Bonchev–Trinajstić information content (AvgIpc) is 2.99. The fourth-order valence-corrected chi connectivity index (χ4v) is 5.51. The third kappa shape index (κ3) is 3.15. The molecule has 0 fully saturated rings. The van der Waals surface area contributed by atoms with Gasteiger partial charge in [0, 0.05) is 9.35 Å². The molecule has 1 aromatic heterocycles. The van der Waals surface area contributed by atoms with Gasteiger partial charge in [0.05, 0.1) is 16.8 Å². The maximum atomic E-state index is 12.6. The van der Waals surface area contributed by atoms with Gasteiger partial charge in [-0.15, -0.1) is 11.3 Å². The lowest BCUT2D eigenvalue weighted by atomic mass is 10.1. The molecule has 0 radical (unpaired) electrons. The van der Waals surface area contributed by atoms with Crippen LogP contribution in [0.15, 0.2) is 22.7 Å². The number of thiophene rings is 1. The average molecular weight is 458 g/mol. The number of carbonyl (C=O) groups excluding carboxylic acids is 3. The number of anilines is 2. The number of hydrogen-bond acceptors (Lipinski definition) is 5. The quantitative estimate of drug-likeness (QED) is 0.560. The van der Waals surface area contributed by atoms with Gasteiger partial charge in [-0.25, -0.2) is 0 Å². The molecule has 4 rings (SSSR count). The summed E-state index contributed by atoms with van der Waals surface area (Å²) in [6.45, 7) is -0.276. The van der Waals surface area contributed by atoms with Crippen LogP contribution in [0.3, 0.4) is 0 Å². The predicted octanol–water partition coefficient (Wildman–Crippen LogP) is 3.82. The van der Waals surface area contributed by atoms with E-state index in [-0.39, 0.29) is 12.1 Å². The number of Topliss-reactive ketones (excluding diaryl/α,β-unsaturated/α-hetero) is 1. The van der Waals surface area contributed by atoms with Crippen molar-refractivity contribution in [3.63, 3.8) is 0 Å². The summed E-state index contributed by atoms with van der Waals surface area (Å²) in [5.74, 6) is -1.78. The number of aryl methyl sites for hydroxylation is 1. The molecule has 1 aliphatic heterocycles. The molecule has 0 atom stereocenters. The van der Waals surface area contributed by atoms with Crippen LogP contribution in [0.2, 0.25) is 0 Å². The van der Waals surface area contributed by atoms with E-state index in [9.17, 15) is 19.6 Å². The van der Waals surface area contributed by atoms with Gasteiger partial charge in [-0.3, -0.25) is 19.3 Å². The molecule has 0 saturated heterocycles. The normalized spacial score (nSPS) is 15.6. The van der Waals surface area contributed by atoms with Crippen molar-refractivity contribution in [3.05, 3.63) is 44.2 Å². The Morgan fingerprint density at radius 3 is 2.82 bits per heavy atom. The lowest BCUT2D eigenvalue weighted by molar-refractivity contribution is -0.118. The molecule has 0 spiro atoms. The van der Waals surface area contributed by atoms with Crippen molar-refractivity contribution in [2.45, 2.75) is 32.1 Å². The number of nitrogens with one attached hydrogen (secondary N) is 1. The number of hydrogen-bond donors (Lipinski definition) is 1. The number of benzene rings is 1. The van der Waals surface area contributed by atoms with Crippen LogP contribution in [0.1, 0.15) is 45.6 Å². The Morgan fingerprint density at radius 2 is 2.04 bits per heavy atom. The summed E-state index contributed by atoms with van der Waals surface area (Å²) in [6.07, 6.45) is 5.05. The SMILES string of the molecule is N#Cc1c(NC(=O)CN2C(=O)C(=O)c3c(Br)cccc32)sc2c1CCCCC2. The van der Waals surface area contributed by atoms with E-state index < -0.39 is 17.6 Å². The Morgan fingerprint density at radius 1 is 1.25 bits per heavy atom. The summed E-state index contributed by atoms with van der Waals surface area (Å²) >= 11 is 4.73. The first-order chi connectivity index (χ1) is 13.5. The molecule has 8 heteroatoms. The van der Waals surface area contributed by atoms with Crippen LogP contribution in [0.25, 0.3) is 0 Å². The van der Waals surface area contributed by atoms with Gasteiger partial charge < -0.3 is 5.32 Å². The molecule has 1 aliphatic carbocycles. The summed E-state index contributed by atoms with van der Waals surface area (Å²) in [5, 5.41) is 12.9. The van der Waals surface area contributed by atoms with Crippen LogP contribution in [0, 0.1) is 11.3 Å². The summed E-state index contributed by atoms with van der Waals surface area (Å²) in [4.78, 5) is 39.6. The summed E-state index contributed by atoms with van der Waals surface area (Å²) in [5.41, 5.74) is 2.27. The van der Waals surface area contributed by atoms with E-state index in [0.29, 0.717) is 20.7 Å². The van der Waals surface area contributed by atoms with Crippen LogP contribution >= 0.6 is 27.3 Å². The highest BCUT2D eigenvalue weighted by atomic mass is 79.9. The first kappa shape index (κ1) is 18.8. The Bertz CT molecular complexity index is 1050. The van der Waals surface area contributed by atoms with Crippen LogP contribution in [0.4, 0.5) is 10.7 Å². The van der Waals surface area contributed by atoms with E-state index in [1.165, 1.54) is 16.2 Å². The molecule has 1 N–H and O–H groups in total. The third-order valence-electron chi connectivity index (χ3n) is 5.04. The van der Waals surface area contributed by atoms with Crippen LogP contribution in [0.5, 0.6) is 0 Å². The predicted molar refractivity (Wildman–Crippen MR) is 110 cm³/mol. The van der Waals surface area contributed by atoms with E-state index in [2.05, 4.69) is 27.3 Å². The van der Waals surface area contributed by atoms with Crippen molar-refractivity contribution in [3.8, 4) is 6.07 Å². The van der Waals surface area contributed by atoms with Crippen molar-refractivity contribution < 1.29 is 14.4 Å². The van der Waals surface area contributed by atoms with Gasteiger partial charge >= 0.3 is 0 Å². The minimum absolute atomic E-state index is 0.276. The molecule has 2 amide bonds. The number of fused-ring (bicyclic) bond motifs is 2. The topological polar surface area (TPSA) is 90.3 Å². The fraction of sp³-hybridized carbons (Fsp3) is 0.300. The van der Waals surface area contributed by atoms with Crippen LogP contribution in [-0.4, -0.2) is 24.1 Å². The Kier molecular flexibility index (Phi) is 5.04. The molecular formula is C20H16BrN3O3S. The molecule has 6 nitrogen and oxygen atoms in total. The molecule has 0 saturated carbocycles. The van der Waals surface area contributed by atoms with Crippen molar-refractivity contribution in [2.24, 2.45) is 0 Å². The first-order valence-corrected chi connectivity index (χ1v) is 10.6. The fourth-order valence-electron chi connectivity index (χ4n) is 3.72. The molecule has 1 aromatic carbocycles. The van der Waals surface area contributed by atoms with Gasteiger partial charge in [0.2, 0.25) is 5.91 Å². The molecule has 2 heterocycles. The Hall–Kier alpha value is -2.50. The van der Waals surface area contributed by atoms with Crippen molar-refractivity contribution in [1.29, 1.82) is 5.26 Å². The highest BCUT2D eigenvalue weighted by Crippen LogP contribution is 2.37. The number of ketones is 1. The zero-order valence-electron chi connectivity index (χ0n) is 14.9. The highest BCUT2D eigenvalue weighted by molar-refractivity contribution is 9.10. The molecule has 0 unspecified atom stereocenters. The van der Waals surface area contributed by atoms with Crippen LogP contribution in [-0.2, 0) is 22.4 Å². The standard InChI is InChI=1S/C20H16BrN3O3S/c21-13-6-4-7-14-17(13)18(26)20(27)24(14)10-16(25)23-19-12(9-22)11-5-2-1-3-8-15(11)28-19/h4,6-7H,1-3,5,8,10H2,(H,23,25). The summed E-state index contributed by atoms with van der Waals surface area (Å²) in [6, 6.07) is 7.27. The van der Waals surface area contributed by atoms with Gasteiger partial charge in [-0.2, -0.15) is 5.26 Å². The Labute approximate surface area is 174 Å². The van der Waals surface area contributed by atoms with Gasteiger partial charge in [0.1, 0.15) is 17.6 Å². The molecule has 0 bridgehead atoms. The first-order valence-electron chi connectivity index (χ1n) is 9.00.